The maximum atomic E-state index is 13.2. The molecule has 0 aromatic heterocycles. The number of nitrogens with zero attached hydrogens (tertiary/aromatic N) is 1. The fourth-order valence-corrected chi connectivity index (χ4v) is 6.58. The van der Waals surface area contributed by atoms with E-state index in [1.54, 1.807) is 0 Å². The molecule has 2 saturated heterocycles. The molecule has 6 nitrogen and oxygen atoms in total. The molecule has 3 fully saturated rings. The van der Waals surface area contributed by atoms with Crippen molar-refractivity contribution in [2.24, 2.45) is 5.41 Å². The number of hydrogen-bond acceptors (Lipinski definition) is 5. The van der Waals surface area contributed by atoms with E-state index in [2.05, 4.69) is 0 Å². The van der Waals surface area contributed by atoms with Crippen molar-refractivity contribution in [3.8, 4) is 0 Å². The molecule has 0 N–H and O–H groups in total. The summed E-state index contributed by atoms with van der Waals surface area (Å²) >= 11 is 0. The fourth-order valence-electron chi connectivity index (χ4n) is 3.16. The summed E-state index contributed by atoms with van der Waals surface area (Å²) in [7, 11) is -3.28. The summed E-state index contributed by atoms with van der Waals surface area (Å²) in [6.07, 6.45) is 0.562. The molecule has 0 spiro atoms. The van der Waals surface area contributed by atoms with Gasteiger partial charge in [0.1, 0.15) is 16.9 Å². The Hall–Kier alpha value is -0.260. The molecule has 2 atom stereocenters. The molecular weight excluding hydrogens is 305 g/mol. The SMILES string of the molecule is CC1(C)O[P+]([O-])([C@H]2C[C@]2(C)C(=O)N2CCOCC2)OC1(C)C. The van der Waals surface area contributed by atoms with Crippen LogP contribution in [0.1, 0.15) is 41.0 Å². The van der Waals surface area contributed by atoms with Gasteiger partial charge in [0, 0.05) is 19.5 Å². The van der Waals surface area contributed by atoms with Gasteiger partial charge in [0.2, 0.25) is 13.9 Å². The van der Waals surface area contributed by atoms with E-state index in [4.69, 9.17) is 13.8 Å². The van der Waals surface area contributed by atoms with Crippen LogP contribution in [0.15, 0.2) is 0 Å². The Morgan fingerprint density at radius 1 is 1.09 bits per heavy atom. The molecule has 0 aromatic carbocycles. The van der Waals surface area contributed by atoms with E-state index in [1.807, 2.05) is 39.5 Å². The molecule has 3 aliphatic rings. The van der Waals surface area contributed by atoms with Crippen LogP contribution in [0.25, 0.3) is 0 Å². The lowest BCUT2D eigenvalue weighted by Crippen LogP contribution is -2.45. The van der Waals surface area contributed by atoms with E-state index in [-0.39, 0.29) is 11.6 Å². The first-order valence-corrected chi connectivity index (χ1v) is 9.51. The van der Waals surface area contributed by atoms with Gasteiger partial charge < -0.3 is 14.5 Å². The Morgan fingerprint density at radius 2 is 1.59 bits per heavy atom. The summed E-state index contributed by atoms with van der Waals surface area (Å²) in [4.78, 5) is 27.7. The first-order chi connectivity index (χ1) is 10.0. The molecule has 3 rings (SSSR count). The van der Waals surface area contributed by atoms with Gasteiger partial charge in [-0.2, -0.15) is 0 Å². The molecule has 1 aliphatic carbocycles. The highest BCUT2D eigenvalue weighted by Gasteiger charge is 2.75. The van der Waals surface area contributed by atoms with E-state index in [0.29, 0.717) is 32.7 Å². The predicted octanol–water partition coefficient (Wildman–Crippen LogP) is 1.35. The topological polar surface area (TPSA) is 71.1 Å². The third-order valence-corrected chi connectivity index (χ3v) is 8.46. The van der Waals surface area contributed by atoms with Crippen molar-refractivity contribution in [2.75, 3.05) is 26.3 Å². The number of carbonyl (C=O) groups excluding carboxylic acids is 1. The predicted molar refractivity (Wildman–Crippen MR) is 81.2 cm³/mol. The van der Waals surface area contributed by atoms with Crippen molar-refractivity contribution in [1.82, 2.24) is 4.90 Å². The number of hydrogen-bond donors (Lipinski definition) is 0. The summed E-state index contributed by atoms with van der Waals surface area (Å²) in [6, 6.07) is 0. The smallest absolute Gasteiger partial charge is 0.243 e. The van der Waals surface area contributed by atoms with Crippen molar-refractivity contribution < 1.29 is 23.5 Å². The molecule has 1 amide bonds. The Morgan fingerprint density at radius 3 is 2.09 bits per heavy atom. The molecule has 7 heteroatoms. The first kappa shape index (κ1) is 16.6. The minimum Gasteiger partial charge on any atom is -0.631 e. The Kier molecular flexibility index (Phi) is 3.67. The highest BCUT2D eigenvalue weighted by atomic mass is 31.2. The molecule has 1 saturated carbocycles. The third kappa shape index (κ3) is 2.40. The number of morpholine rings is 1. The largest absolute Gasteiger partial charge is 0.631 e. The van der Waals surface area contributed by atoms with Crippen LogP contribution in [-0.4, -0.2) is 54.0 Å². The summed E-state index contributed by atoms with van der Waals surface area (Å²) < 4.78 is 17.0. The molecule has 0 bridgehead atoms. The highest BCUT2D eigenvalue weighted by molar-refractivity contribution is 7.60. The first-order valence-electron chi connectivity index (χ1n) is 7.90. The van der Waals surface area contributed by atoms with Crippen LogP contribution in [0.4, 0.5) is 0 Å². The average Bonchev–Trinajstić information content (AvgIpc) is 3.07. The van der Waals surface area contributed by atoms with Gasteiger partial charge in [0.05, 0.1) is 18.6 Å². The van der Waals surface area contributed by atoms with Crippen molar-refractivity contribution in [2.45, 2.75) is 57.9 Å². The lowest BCUT2D eigenvalue weighted by atomic mass is 9.90. The molecule has 0 aromatic rings. The fraction of sp³-hybridized carbons (Fsp3) is 0.933. The Balaban J connectivity index is 1.74. The average molecular weight is 331 g/mol. The minimum atomic E-state index is -3.28. The maximum absolute atomic E-state index is 13.2. The van der Waals surface area contributed by atoms with E-state index in [9.17, 15) is 9.69 Å². The second kappa shape index (κ2) is 4.87. The lowest BCUT2D eigenvalue weighted by molar-refractivity contribution is -0.213. The van der Waals surface area contributed by atoms with Gasteiger partial charge in [-0.1, -0.05) is 0 Å². The van der Waals surface area contributed by atoms with E-state index in [1.165, 1.54) is 0 Å². The molecular formula is C15H26NO5P. The van der Waals surface area contributed by atoms with Crippen molar-refractivity contribution in [3.63, 3.8) is 0 Å². The van der Waals surface area contributed by atoms with E-state index >= 15 is 0 Å². The number of amides is 1. The van der Waals surface area contributed by atoms with Gasteiger partial charge in [0.15, 0.2) is 0 Å². The lowest BCUT2D eigenvalue weighted by Gasteiger charge is -2.31. The second-order valence-electron chi connectivity index (χ2n) is 7.78. The molecule has 2 heterocycles. The number of ether oxygens (including phenoxy) is 1. The summed E-state index contributed by atoms with van der Waals surface area (Å²) in [5, 5.41) is 0. The normalized spacial score (nSPS) is 38.8. The van der Waals surface area contributed by atoms with Gasteiger partial charge in [0.25, 0.3) is 0 Å². The molecule has 22 heavy (non-hydrogen) atoms. The standard InChI is InChI=1S/C15H26NO5P/c1-13(2)14(3,4)21-22(18,20-13)11-10-15(11,5)12(17)16-6-8-19-9-7-16/h11H,6-10H2,1-5H3/t11-,15-/m0/s1. The van der Waals surface area contributed by atoms with Crippen LogP contribution in [0.5, 0.6) is 0 Å². The van der Waals surface area contributed by atoms with Crippen LogP contribution >= 0.6 is 7.94 Å². The molecule has 2 aliphatic heterocycles. The highest BCUT2D eigenvalue weighted by Crippen LogP contribution is 2.79. The van der Waals surface area contributed by atoms with Gasteiger partial charge in [-0.15, -0.1) is 0 Å². The van der Waals surface area contributed by atoms with Gasteiger partial charge in [-0.25, -0.2) is 9.05 Å². The quantitative estimate of drug-likeness (QED) is 0.714. The van der Waals surface area contributed by atoms with Crippen molar-refractivity contribution in [1.29, 1.82) is 0 Å². The zero-order valence-corrected chi connectivity index (χ0v) is 14.9. The summed E-state index contributed by atoms with van der Waals surface area (Å²) in [5.41, 5.74) is -2.23. The zero-order valence-electron chi connectivity index (χ0n) is 14.0. The van der Waals surface area contributed by atoms with Crippen LogP contribution in [0, 0.1) is 5.41 Å². The summed E-state index contributed by atoms with van der Waals surface area (Å²) in [6.45, 7) is 11.8. The van der Waals surface area contributed by atoms with Crippen molar-refractivity contribution in [3.05, 3.63) is 0 Å². The monoisotopic (exact) mass is 331 g/mol. The van der Waals surface area contributed by atoms with Crippen LogP contribution in [0.3, 0.4) is 0 Å². The molecule has 0 unspecified atom stereocenters. The van der Waals surface area contributed by atoms with Crippen LogP contribution < -0.4 is 4.89 Å². The van der Waals surface area contributed by atoms with E-state index in [0.717, 1.165) is 0 Å². The number of rotatable bonds is 2. The zero-order chi connectivity index (χ0) is 16.4. The summed E-state index contributed by atoms with van der Waals surface area (Å²) in [5.74, 6) is 0.0470. The van der Waals surface area contributed by atoms with E-state index < -0.39 is 24.6 Å². The van der Waals surface area contributed by atoms with Crippen LogP contribution in [0.2, 0.25) is 0 Å². The Bertz CT molecular complexity index is 472. The number of carbonyl (C=O) groups is 1. The van der Waals surface area contributed by atoms with Gasteiger partial charge in [-0.3, -0.25) is 4.79 Å². The molecule has 126 valence electrons. The van der Waals surface area contributed by atoms with Crippen molar-refractivity contribution >= 4 is 13.9 Å². The van der Waals surface area contributed by atoms with Crippen LogP contribution in [-0.2, 0) is 18.6 Å². The Labute approximate surface area is 132 Å². The molecule has 0 radical (unpaired) electrons. The second-order valence-corrected chi connectivity index (χ2v) is 9.85. The van der Waals surface area contributed by atoms with Gasteiger partial charge in [-0.05, 0) is 34.6 Å². The maximum Gasteiger partial charge on any atom is 0.243 e. The van der Waals surface area contributed by atoms with Gasteiger partial charge >= 0.3 is 0 Å². The third-order valence-electron chi connectivity index (χ3n) is 5.52. The minimum absolute atomic E-state index is 0.0470.